The summed E-state index contributed by atoms with van der Waals surface area (Å²) in [6, 6.07) is 0. The van der Waals surface area contributed by atoms with E-state index in [-0.39, 0.29) is 6.61 Å². The van der Waals surface area contributed by atoms with E-state index in [2.05, 4.69) is 6.92 Å². The number of hydrogen-bond acceptors (Lipinski definition) is 2. The highest BCUT2D eigenvalue weighted by Gasteiger charge is 2.50. The lowest BCUT2D eigenvalue weighted by molar-refractivity contribution is -0.241. The Morgan fingerprint density at radius 2 is 1.17 bits per heavy atom. The van der Waals surface area contributed by atoms with Crippen LogP contribution in [0.5, 0.6) is 0 Å². The van der Waals surface area contributed by atoms with Crippen LogP contribution in [0.3, 0.4) is 0 Å². The van der Waals surface area contributed by atoms with Gasteiger partial charge in [-0.1, -0.05) is 64.7 Å². The molecular weight excluding hydrogens is 298 g/mol. The van der Waals surface area contributed by atoms with Crippen LogP contribution in [-0.2, 0) is 5.21 Å². The number of aliphatic hydroxyl groups excluding tert-OH is 1. The molecular formula is C21H40NO2. The Balaban J connectivity index is 2.31. The molecule has 0 spiro atoms. The molecule has 0 aliphatic carbocycles. The van der Waals surface area contributed by atoms with Crippen LogP contribution in [0.15, 0.2) is 11.1 Å². The van der Waals surface area contributed by atoms with Gasteiger partial charge in [-0.15, -0.1) is 10.3 Å². The van der Waals surface area contributed by atoms with Crippen molar-refractivity contribution in [1.82, 2.24) is 5.06 Å². The summed E-state index contributed by atoms with van der Waals surface area (Å²) in [5.74, 6) is 0. The summed E-state index contributed by atoms with van der Waals surface area (Å²) in [6.07, 6.45) is 14.2. The third kappa shape index (κ3) is 5.31. The van der Waals surface area contributed by atoms with E-state index in [0.717, 1.165) is 18.4 Å². The molecule has 0 bridgehead atoms. The van der Waals surface area contributed by atoms with Crippen molar-refractivity contribution < 1.29 is 10.3 Å². The molecule has 0 saturated carbocycles. The van der Waals surface area contributed by atoms with Crippen LogP contribution in [0.25, 0.3) is 0 Å². The molecule has 0 unspecified atom stereocenters. The first kappa shape index (κ1) is 21.7. The Labute approximate surface area is 150 Å². The average Bonchev–Trinajstić information content (AvgIpc) is 2.66. The molecule has 1 heterocycles. The third-order valence-electron chi connectivity index (χ3n) is 5.80. The maximum absolute atomic E-state index is 12.6. The fourth-order valence-electron chi connectivity index (χ4n) is 4.22. The number of aliphatic hydroxyl groups is 1. The quantitative estimate of drug-likeness (QED) is 0.361. The minimum absolute atomic E-state index is 0.00225. The molecule has 24 heavy (non-hydrogen) atoms. The summed E-state index contributed by atoms with van der Waals surface area (Å²) in [7, 11) is 0. The van der Waals surface area contributed by atoms with Crippen LogP contribution in [0.4, 0.5) is 0 Å². The molecule has 0 aromatic rings. The van der Waals surface area contributed by atoms with Gasteiger partial charge in [-0.3, -0.25) is 0 Å². The van der Waals surface area contributed by atoms with Crippen molar-refractivity contribution in [3.63, 3.8) is 0 Å². The molecule has 0 aromatic heterocycles. The molecule has 141 valence electrons. The first-order chi connectivity index (χ1) is 11.3. The largest absolute Gasteiger partial charge is 0.392 e. The Morgan fingerprint density at radius 3 is 1.62 bits per heavy atom. The van der Waals surface area contributed by atoms with Gasteiger partial charge in [0.2, 0.25) is 0 Å². The van der Waals surface area contributed by atoms with Gasteiger partial charge in [-0.25, -0.2) is 0 Å². The third-order valence-corrected chi connectivity index (χ3v) is 5.80. The highest BCUT2D eigenvalue weighted by molar-refractivity contribution is 5.38. The molecule has 1 aliphatic heterocycles. The van der Waals surface area contributed by atoms with Crippen molar-refractivity contribution >= 4 is 0 Å². The van der Waals surface area contributed by atoms with Crippen molar-refractivity contribution in [3.05, 3.63) is 11.1 Å². The molecule has 0 aromatic carbocycles. The van der Waals surface area contributed by atoms with Gasteiger partial charge in [-0.05, 0) is 51.7 Å². The number of hydrogen-bond donors (Lipinski definition) is 1. The molecule has 1 N–H and O–H groups in total. The van der Waals surface area contributed by atoms with Crippen molar-refractivity contribution in [2.75, 3.05) is 6.61 Å². The average molecular weight is 339 g/mol. The second-order valence-electron chi connectivity index (χ2n) is 8.46. The lowest BCUT2D eigenvalue weighted by Gasteiger charge is -2.34. The molecule has 1 aliphatic rings. The van der Waals surface area contributed by atoms with Crippen LogP contribution in [0.2, 0.25) is 0 Å². The standard InChI is InChI=1S/C21H40NO2/c1-6-7-8-9-10-11-12-13-14-15-16-18-19(17-23)21(4,5)22(24)20(18,2)3/h23H,6-17H2,1-5H3. The summed E-state index contributed by atoms with van der Waals surface area (Å²) in [4.78, 5) is 0. The highest BCUT2D eigenvalue weighted by atomic mass is 16.5. The van der Waals surface area contributed by atoms with Gasteiger partial charge in [-0.2, -0.15) is 0 Å². The molecule has 1 radical (unpaired) electrons. The summed E-state index contributed by atoms with van der Waals surface area (Å²) < 4.78 is 0. The van der Waals surface area contributed by atoms with E-state index in [4.69, 9.17) is 0 Å². The number of hydroxylamine groups is 2. The number of unbranched alkanes of at least 4 members (excludes halogenated alkanes) is 9. The van der Waals surface area contributed by atoms with Crippen LogP contribution in [0.1, 0.15) is 105 Å². The summed E-state index contributed by atoms with van der Waals surface area (Å²) in [5.41, 5.74) is 1.05. The Bertz CT molecular complexity index is 399. The maximum Gasteiger partial charge on any atom is 0.0681 e. The lowest BCUT2D eigenvalue weighted by Crippen LogP contribution is -2.47. The molecule has 0 fully saturated rings. The van der Waals surface area contributed by atoms with Crippen LogP contribution < -0.4 is 0 Å². The van der Waals surface area contributed by atoms with Gasteiger partial charge < -0.3 is 5.11 Å². The fraction of sp³-hybridized carbons (Fsp3) is 0.905. The van der Waals surface area contributed by atoms with E-state index in [9.17, 15) is 10.3 Å². The zero-order valence-corrected chi connectivity index (χ0v) is 16.8. The molecule has 3 nitrogen and oxygen atoms in total. The van der Waals surface area contributed by atoms with Crippen LogP contribution >= 0.6 is 0 Å². The van der Waals surface area contributed by atoms with Gasteiger partial charge in [0.15, 0.2) is 0 Å². The predicted octanol–water partition coefficient (Wildman–Crippen LogP) is 5.80. The summed E-state index contributed by atoms with van der Waals surface area (Å²) >= 11 is 0. The zero-order chi connectivity index (χ0) is 18.2. The highest BCUT2D eigenvalue weighted by Crippen LogP contribution is 2.45. The van der Waals surface area contributed by atoms with E-state index >= 15 is 0 Å². The summed E-state index contributed by atoms with van der Waals surface area (Å²) in [6.45, 7) is 10.1. The minimum Gasteiger partial charge on any atom is -0.392 e. The van der Waals surface area contributed by atoms with Gasteiger partial charge >= 0.3 is 0 Å². The van der Waals surface area contributed by atoms with E-state index in [0.29, 0.717) is 0 Å². The molecule has 0 amide bonds. The predicted molar refractivity (Wildman–Crippen MR) is 101 cm³/mol. The normalized spacial score (nSPS) is 20.1. The van der Waals surface area contributed by atoms with Crippen LogP contribution in [0, 0.1) is 0 Å². The van der Waals surface area contributed by atoms with Gasteiger partial charge in [0.25, 0.3) is 0 Å². The SMILES string of the molecule is CCCCCCCCCCCCC1=C(CO)C(C)(C)N([O])C1(C)C. The molecule has 3 heteroatoms. The van der Waals surface area contributed by atoms with E-state index in [1.54, 1.807) is 0 Å². The van der Waals surface area contributed by atoms with Crippen molar-refractivity contribution in [2.24, 2.45) is 0 Å². The van der Waals surface area contributed by atoms with Crippen LogP contribution in [-0.4, -0.2) is 27.9 Å². The maximum atomic E-state index is 12.6. The van der Waals surface area contributed by atoms with Gasteiger partial charge in [0, 0.05) is 0 Å². The van der Waals surface area contributed by atoms with Gasteiger partial charge in [0.1, 0.15) is 0 Å². The first-order valence-electron chi connectivity index (χ1n) is 10.1. The Hall–Kier alpha value is -0.380. The van der Waals surface area contributed by atoms with E-state index in [1.807, 2.05) is 27.7 Å². The second-order valence-corrected chi connectivity index (χ2v) is 8.46. The zero-order valence-electron chi connectivity index (χ0n) is 16.8. The fourth-order valence-corrected chi connectivity index (χ4v) is 4.22. The van der Waals surface area contributed by atoms with Gasteiger partial charge in [0.05, 0.1) is 17.7 Å². The Kier molecular flexibility index (Phi) is 8.97. The van der Waals surface area contributed by atoms with Crippen molar-refractivity contribution in [3.8, 4) is 0 Å². The Morgan fingerprint density at radius 1 is 0.750 bits per heavy atom. The molecule has 0 saturated heterocycles. The minimum atomic E-state index is -0.577. The summed E-state index contributed by atoms with van der Waals surface area (Å²) in [5, 5.41) is 23.5. The number of rotatable bonds is 12. The van der Waals surface area contributed by atoms with E-state index in [1.165, 1.54) is 68.4 Å². The molecule has 0 atom stereocenters. The molecule has 1 rings (SSSR count). The monoisotopic (exact) mass is 338 g/mol. The number of nitrogens with zero attached hydrogens (tertiary/aromatic N) is 1. The van der Waals surface area contributed by atoms with Crippen molar-refractivity contribution in [2.45, 2.75) is 116 Å². The first-order valence-corrected chi connectivity index (χ1v) is 10.1. The van der Waals surface area contributed by atoms with E-state index < -0.39 is 11.1 Å². The topological polar surface area (TPSA) is 43.4 Å². The van der Waals surface area contributed by atoms with Crippen molar-refractivity contribution in [1.29, 1.82) is 0 Å². The second kappa shape index (κ2) is 9.94. The lowest BCUT2D eigenvalue weighted by atomic mass is 9.87. The smallest absolute Gasteiger partial charge is 0.0681 e.